The van der Waals surface area contributed by atoms with E-state index in [9.17, 15) is 0 Å². The summed E-state index contributed by atoms with van der Waals surface area (Å²) in [6.45, 7) is 4.53. The van der Waals surface area contributed by atoms with Crippen molar-refractivity contribution in [3.63, 3.8) is 0 Å². The van der Waals surface area contributed by atoms with Gasteiger partial charge in [-0.15, -0.1) is 0 Å². The first-order chi connectivity index (χ1) is 9.29. The maximum absolute atomic E-state index is 5.50. The summed E-state index contributed by atoms with van der Waals surface area (Å²) in [6, 6.07) is 4.93. The Morgan fingerprint density at radius 2 is 2.05 bits per heavy atom. The minimum atomic E-state index is 0.743. The van der Waals surface area contributed by atoms with Crippen LogP contribution in [0.5, 0.6) is 5.75 Å². The fraction of sp³-hybridized carbons (Fsp3) is 0.600. The highest BCUT2D eigenvalue weighted by atomic mass is 79.9. The van der Waals surface area contributed by atoms with Crippen LogP contribution in [0.4, 0.5) is 0 Å². The molecule has 4 heteroatoms. The highest BCUT2D eigenvalue weighted by Crippen LogP contribution is 2.34. The standard InChI is InChI=1S/C15H21BrN2O/c1-19-15-3-2-14(16)13-10-18(9-6-12(13)15)11-4-7-17-8-5-11/h2-3,11,17H,4-10H2,1H3. The van der Waals surface area contributed by atoms with E-state index in [0.29, 0.717) is 0 Å². The second-order valence-electron chi connectivity index (χ2n) is 5.41. The number of piperidine rings is 1. The maximum atomic E-state index is 5.50. The topological polar surface area (TPSA) is 24.5 Å². The van der Waals surface area contributed by atoms with Crippen LogP contribution >= 0.6 is 15.9 Å². The van der Waals surface area contributed by atoms with Crippen LogP contribution < -0.4 is 10.1 Å². The number of rotatable bonds is 2. The Morgan fingerprint density at radius 3 is 2.79 bits per heavy atom. The van der Waals surface area contributed by atoms with E-state index in [1.165, 1.54) is 28.4 Å². The SMILES string of the molecule is COc1ccc(Br)c2c1CCN(C1CCNCC1)C2. The van der Waals surface area contributed by atoms with Crippen molar-refractivity contribution in [2.45, 2.75) is 31.8 Å². The van der Waals surface area contributed by atoms with Gasteiger partial charge in [-0.3, -0.25) is 4.90 Å². The molecule has 0 saturated carbocycles. The van der Waals surface area contributed by atoms with Gasteiger partial charge in [0.2, 0.25) is 0 Å². The average molecular weight is 325 g/mol. The highest BCUT2D eigenvalue weighted by Gasteiger charge is 2.27. The Bertz CT molecular complexity index is 458. The van der Waals surface area contributed by atoms with Crippen LogP contribution in [0.15, 0.2) is 16.6 Å². The second kappa shape index (κ2) is 5.81. The molecule has 3 rings (SSSR count). The summed E-state index contributed by atoms with van der Waals surface area (Å²) < 4.78 is 6.72. The Morgan fingerprint density at radius 1 is 1.26 bits per heavy atom. The lowest BCUT2D eigenvalue weighted by Crippen LogP contribution is -2.45. The third-order valence-corrected chi connectivity index (χ3v) is 5.13. The highest BCUT2D eigenvalue weighted by molar-refractivity contribution is 9.10. The summed E-state index contributed by atoms with van der Waals surface area (Å²) in [5, 5.41) is 3.45. The van der Waals surface area contributed by atoms with Crippen LogP contribution in [-0.4, -0.2) is 37.7 Å². The lowest BCUT2D eigenvalue weighted by Gasteiger charge is -2.38. The Labute approximate surface area is 123 Å². The molecule has 19 heavy (non-hydrogen) atoms. The van der Waals surface area contributed by atoms with Gasteiger partial charge in [0.15, 0.2) is 0 Å². The molecule has 3 nitrogen and oxygen atoms in total. The third kappa shape index (κ3) is 2.67. The molecule has 1 saturated heterocycles. The van der Waals surface area contributed by atoms with E-state index < -0.39 is 0 Å². The molecule has 0 aliphatic carbocycles. The second-order valence-corrected chi connectivity index (χ2v) is 6.26. The summed E-state index contributed by atoms with van der Waals surface area (Å²) in [4.78, 5) is 2.65. The first-order valence-corrected chi connectivity index (χ1v) is 7.88. The van der Waals surface area contributed by atoms with Crippen LogP contribution in [0.1, 0.15) is 24.0 Å². The van der Waals surface area contributed by atoms with E-state index in [1.54, 1.807) is 7.11 Å². The number of ether oxygens (including phenoxy) is 1. The van der Waals surface area contributed by atoms with Crippen molar-refractivity contribution in [3.8, 4) is 5.75 Å². The molecule has 1 fully saturated rings. The zero-order chi connectivity index (χ0) is 13.2. The predicted molar refractivity (Wildman–Crippen MR) is 80.7 cm³/mol. The van der Waals surface area contributed by atoms with Gasteiger partial charge in [0.25, 0.3) is 0 Å². The molecular formula is C15H21BrN2O. The lowest BCUT2D eigenvalue weighted by atomic mass is 9.95. The van der Waals surface area contributed by atoms with Crippen LogP contribution in [0.2, 0.25) is 0 Å². The Kier molecular flexibility index (Phi) is 4.10. The van der Waals surface area contributed by atoms with Crippen molar-refractivity contribution in [3.05, 3.63) is 27.7 Å². The van der Waals surface area contributed by atoms with Crippen LogP contribution in [0.25, 0.3) is 0 Å². The number of halogens is 1. The number of hydrogen-bond acceptors (Lipinski definition) is 3. The predicted octanol–water partition coefficient (Wildman–Crippen LogP) is 2.57. The van der Waals surface area contributed by atoms with Crippen molar-refractivity contribution in [1.82, 2.24) is 10.2 Å². The molecule has 1 aromatic carbocycles. The fourth-order valence-corrected chi connectivity index (χ4v) is 3.80. The molecule has 0 radical (unpaired) electrons. The molecular weight excluding hydrogens is 304 g/mol. The van der Waals surface area contributed by atoms with E-state index in [-0.39, 0.29) is 0 Å². The molecule has 2 heterocycles. The fourth-order valence-electron chi connectivity index (χ4n) is 3.30. The lowest BCUT2D eigenvalue weighted by molar-refractivity contribution is 0.146. The molecule has 0 spiro atoms. The van der Waals surface area contributed by atoms with E-state index in [0.717, 1.165) is 44.4 Å². The van der Waals surface area contributed by atoms with Crippen molar-refractivity contribution in [2.75, 3.05) is 26.7 Å². The van der Waals surface area contributed by atoms with Gasteiger partial charge < -0.3 is 10.1 Å². The Hall–Kier alpha value is -0.580. The molecule has 2 aliphatic rings. The van der Waals surface area contributed by atoms with Gasteiger partial charge >= 0.3 is 0 Å². The van der Waals surface area contributed by atoms with Gasteiger partial charge in [-0.2, -0.15) is 0 Å². The molecule has 0 amide bonds. The first kappa shape index (κ1) is 13.4. The summed E-state index contributed by atoms with van der Waals surface area (Å²) in [5.74, 6) is 1.04. The van der Waals surface area contributed by atoms with Crippen LogP contribution in [0, 0.1) is 0 Å². The van der Waals surface area contributed by atoms with Crippen LogP contribution in [-0.2, 0) is 13.0 Å². The number of nitrogens with zero attached hydrogens (tertiary/aromatic N) is 1. The number of benzene rings is 1. The minimum Gasteiger partial charge on any atom is -0.496 e. The zero-order valence-electron chi connectivity index (χ0n) is 11.4. The van der Waals surface area contributed by atoms with Gasteiger partial charge in [-0.05, 0) is 50.0 Å². The van der Waals surface area contributed by atoms with Gasteiger partial charge in [-0.1, -0.05) is 15.9 Å². The van der Waals surface area contributed by atoms with Crippen molar-refractivity contribution < 1.29 is 4.74 Å². The van der Waals surface area contributed by atoms with E-state index >= 15 is 0 Å². The zero-order valence-corrected chi connectivity index (χ0v) is 13.0. The van der Waals surface area contributed by atoms with Gasteiger partial charge in [0, 0.05) is 29.2 Å². The number of hydrogen-bond donors (Lipinski definition) is 1. The van der Waals surface area contributed by atoms with Gasteiger partial charge in [0.05, 0.1) is 7.11 Å². The molecule has 0 bridgehead atoms. The van der Waals surface area contributed by atoms with E-state index in [4.69, 9.17) is 4.74 Å². The molecule has 0 aromatic heterocycles. The average Bonchev–Trinajstić information content (AvgIpc) is 2.48. The third-order valence-electron chi connectivity index (χ3n) is 4.39. The van der Waals surface area contributed by atoms with E-state index in [1.807, 2.05) is 0 Å². The molecule has 104 valence electrons. The molecule has 0 atom stereocenters. The maximum Gasteiger partial charge on any atom is 0.122 e. The van der Waals surface area contributed by atoms with Gasteiger partial charge in [0.1, 0.15) is 5.75 Å². The molecule has 1 N–H and O–H groups in total. The summed E-state index contributed by atoms with van der Waals surface area (Å²) >= 11 is 3.70. The summed E-state index contributed by atoms with van der Waals surface area (Å²) in [5.41, 5.74) is 2.81. The van der Waals surface area contributed by atoms with E-state index in [2.05, 4.69) is 38.3 Å². The molecule has 2 aliphatic heterocycles. The first-order valence-electron chi connectivity index (χ1n) is 7.08. The molecule has 1 aromatic rings. The molecule has 0 unspecified atom stereocenters. The monoisotopic (exact) mass is 324 g/mol. The minimum absolute atomic E-state index is 0.743. The number of methoxy groups -OCH3 is 1. The number of fused-ring (bicyclic) bond motifs is 1. The van der Waals surface area contributed by atoms with Crippen molar-refractivity contribution in [2.24, 2.45) is 0 Å². The Balaban J connectivity index is 1.82. The van der Waals surface area contributed by atoms with Crippen LogP contribution in [0.3, 0.4) is 0 Å². The smallest absolute Gasteiger partial charge is 0.122 e. The summed E-state index contributed by atoms with van der Waals surface area (Å²) in [7, 11) is 1.77. The summed E-state index contributed by atoms with van der Waals surface area (Å²) in [6.07, 6.45) is 3.65. The quantitative estimate of drug-likeness (QED) is 0.904. The normalized spacial score (nSPS) is 21.2. The van der Waals surface area contributed by atoms with Crippen molar-refractivity contribution >= 4 is 15.9 Å². The number of nitrogens with one attached hydrogen (secondary N) is 1. The van der Waals surface area contributed by atoms with Gasteiger partial charge in [-0.25, -0.2) is 0 Å². The van der Waals surface area contributed by atoms with Crippen molar-refractivity contribution in [1.29, 1.82) is 0 Å². The largest absolute Gasteiger partial charge is 0.496 e.